The minimum Gasteiger partial charge on any atom is -0.355 e. The Morgan fingerprint density at radius 2 is 2.29 bits per heavy atom. The van der Waals surface area contributed by atoms with Gasteiger partial charge in [-0.05, 0) is 43.7 Å². The van der Waals surface area contributed by atoms with Gasteiger partial charge in [0.05, 0.1) is 0 Å². The lowest BCUT2D eigenvalue weighted by atomic mass is 10.2. The molecule has 2 heterocycles. The highest BCUT2D eigenvalue weighted by Crippen LogP contribution is 2.28. The zero-order chi connectivity index (χ0) is 15.3. The Labute approximate surface area is 129 Å². The highest BCUT2D eigenvalue weighted by molar-refractivity contribution is 7.91. The molecule has 1 aliphatic rings. The molecular weight excluding hydrogens is 310 g/mol. The van der Waals surface area contributed by atoms with Gasteiger partial charge in [-0.25, -0.2) is 8.42 Å². The van der Waals surface area contributed by atoms with E-state index in [9.17, 15) is 13.2 Å². The normalized spacial score (nSPS) is 19.8. The molecule has 1 fully saturated rings. The number of carbonyl (C=O) groups excluding carboxylic acids is 1. The number of thiophene rings is 1. The van der Waals surface area contributed by atoms with E-state index in [1.54, 1.807) is 17.5 Å². The Balaban J connectivity index is 2.02. The Morgan fingerprint density at radius 3 is 2.95 bits per heavy atom. The van der Waals surface area contributed by atoms with Crippen molar-refractivity contribution in [1.29, 1.82) is 0 Å². The third-order valence-electron chi connectivity index (χ3n) is 3.49. The van der Waals surface area contributed by atoms with Crippen molar-refractivity contribution in [3.8, 4) is 0 Å². The fourth-order valence-electron chi connectivity index (χ4n) is 2.41. The van der Waals surface area contributed by atoms with Crippen LogP contribution in [0.1, 0.15) is 25.7 Å². The maximum absolute atomic E-state index is 12.5. The average Bonchev–Trinajstić information content (AvgIpc) is 3.13. The van der Waals surface area contributed by atoms with Crippen LogP contribution < -0.4 is 11.1 Å². The summed E-state index contributed by atoms with van der Waals surface area (Å²) < 4.78 is 26.7. The highest BCUT2D eigenvalue weighted by atomic mass is 32.2. The molecule has 1 aliphatic heterocycles. The van der Waals surface area contributed by atoms with E-state index in [0.29, 0.717) is 36.7 Å². The van der Waals surface area contributed by atoms with Crippen LogP contribution in [0.15, 0.2) is 21.7 Å². The molecule has 1 atom stereocenters. The quantitative estimate of drug-likeness (QED) is 0.721. The van der Waals surface area contributed by atoms with Crippen molar-refractivity contribution in [2.45, 2.75) is 35.9 Å². The standard InChI is InChI=1S/C13H21N3O3S2/c14-7-1-2-8-15-13(17)11-5-3-9-16(11)21(18,19)12-6-4-10-20-12/h4,6,10-11H,1-3,5,7-9,14H2,(H,15,17). The number of carbonyl (C=O) groups is 1. The molecule has 1 amide bonds. The highest BCUT2D eigenvalue weighted by Gasteiger charge is 2.39. The number of unbranched alkanes of at least 4 members (excludes halogenated alkanes) is 1. The predicted octanol–water partition coefficient (Wildman–Crippen LogP) is 0.756. The van der Waals surface area contributed by atoms with Crippen LogP contribution in [0.2, 0.25) is 0 Å². The molecule has 1 unspecified atom stereocenters. The lowest BCUT2D eigenvalue weighted by Gasteiger charge is -2.22. The molecule has 21 heavy (non-hydrogen) atoms. The fraction of sp³-hybridized carbons (Fsp3) is 0.615. The maximum Gasteiger partial charge on any atom is 0.253 e. The summed E-state index contributed by atoms with van der Waals surface area (Å²) in [6.45, 7) is 1.54. The number of nitrogens with two attached hydrogens (primary N) is 1. The zero-order valence-corrected chi connectivity index (χ0v) is 13.5. The van der Waals surface area contributed by atoms with Crippen LogP contribution in [-0.2, 0) is 14.8 Å². The van der Waals surface area contributed by atoms with Crippen LogP contribution >= 0.6 is 11.3 Å². The van der Waals surface area contributed by atoms with Crippen molar-refractivity contribution in [3.63, 3.8) is 0 Å². The molecule has 8 heteroatoms. The van der Waals surface area contributed by atoms with E-state index in [2.05, 4.69) is 5.32 Å². The van der Waals surface area contributed by atoms with Crippen molar-refractivity contribution in [2.24, 2.45) is 5.73 Å². The van der Waals surface area contributed by atoms with Gasteiger partial charge in [0.15, 0.2) is 0 Å². The number of rotatable bonds is 7. The lowest BCUT2D eigenvalue weighted by molar-refractivity contribution is -0.124. The van der Waals surface area contributed by atoms with E-state index in [4.69, 9.17) is 5.73 Å². The molecule has 1 aromatic rings. The molecule has 0 aromatic carbocycles. The third kappa shape index (κ3) is 3.82. The third-order valence-corrected chi connectivity index (χ3v) is 6.78. The summed E-state index contributed by atoms with van der Waals surface area (Å²) in [7, 11) is -3.55. The molecule has 0 spiro atoms. The number of amides is 1. The second-order valence-electron chi connectivity index (χ2n) is 4.99. The summed E-state index contributed by atoms with van der Waals surface area (Å²) in [6, 6.07) is 2.69. The first-order chi connectivity index (χ1) is 10.1. The first-order valence-corrected chi connectivity index (χ1v) is 9.42. The topological polar surface area (TPSA) is 92.5 Å². The second kappa shape index (κ2) is 7.35. The van der Waals surface area contributed by atoms with E-state index in [1.807, 2.05) is 0 Å². The van der Waals surface area contributed by atoms with E-state index < -0.39 is 16.1 Å². The number of nitrogens with zero attached hydrogens (tertiary/aromatic N) is 1. The number of sulfonamides is 1. The molecular formula is C13H21N3O3S2. The smallest absolute Gasteiger partial charge is 0.253 e. The fourth-order valence-corrected chi connectivity index (χ4v) is 5.19. The van der Waals surface area contributed by atoms with Gasteiger partial charge in [0.2, 0.25) is 5.91 Å². The van der Waals surface area contributed by atoms with Gasteiger partial charge >= 0.3 is 0 Å². The maximum atomic E-state index is 12.5. The molecule has 1 aromatic heterocycles. The van der Waals surface area contributed by atoms with Gasteiger partial charge in [0.1, 0.15) is 10.3 Å². The predicted molar refractivity (Wildman–Crippen MR) is 82.5 cm³/mol. The average molecular weight is 331 g/mol. The molecule has 3 N–H and O–H groups in total. The lowest BCUT2D eigenvalue weighted by Crippen LogP contribution is -2.45. The number of hydrogen-bond acceptors (Lipinski definition) is 5. The first kappa shape index (κ1) is 16.4. The van der Waals surface area contributed by atoms with Gasteiger partial charge in [-0.15, -0.1) is 11.3 Å². The van der Waals surface area contributed by atoms with Crippen molar-refractivity contribution >= 4 is 27.3 Å². The Bertz CT molecular complexity index is 557. The van der Waals surface area contributed by atoms with Gasteiger partial charge < -0.3 is 11.1 Å². The van der Waals surface area contributed by atoms with E-state index >= 15 is 0 Å². The van der Waals surface area contributed by atoms with Crippen LogP contribution in [0, 0.1) is 0 Å². The van der Waals surface area contributed by atoms with Crippen LogP contribution in [0.4, 0.5) is 0 Å². The Kier molecular flexibility index (Phi) is 5.74. The summed E-state index contributed by atoms with van der Waals surface area (Å²) in [6.07, 6.45) is 2.95. The van der Waals surface area contributed by atoms with E-state index in [-0.39, 0.29) is 5.91 Å². The summed E-state index contributed by atoms with van der Waals surface area (Å²) in [4.78, 5) is 12.2. The van der Waals surface area contributed by atoms with E-state index in [1.165, 1.54) is 15.6 Å². The summed E-state index contributed by atoms with van der Waals surface area (Å²) in [5, 5.41) is 4.54. The summed E-state index contributed by atoms with van der Waals surface area (Å²) >= 11 is 1.18. The van der Waals surface area contributed by atoms with E-state index in [0.717, 1.165) is 12.8 Å². The molecule has 6 nitrogen and oxygen atoms in total. The van der Waals surface area contributed by atoms with Crippen LogP contribution in [0.5, 0.6) is 0 Å². The van der Waals surface area contributed by atoms with Gasteiger partial charge in [-0.3, -0.25) is 4.79 Å². The molecule has 0 radical (unpaired) electrons. The largest absolute Gasteiger partial charge is 0.355 e. The summed E-state index contributed by atoms with van der Waals surface area (Å²) in [5.41, 5.74) is 5.40. The molecule has 0 saturated carbocycles. The van der Waals surface area contributed by atoms with Gasteiger partial charge in [0, 0.05) is 13.1 Å². The number of nitrogens with one attached hydrogen (secondary N) is 1. The Morgan fingerprint density at radius 1 is 1.48 bits per heavy atom. The first-order valence-electron chi connectivity index (χ1n) is 7.10. The van der Waals surface area contributed by atoms with Crippen molar-refractivity contribution in [2.75, 3.05) is 19.6 Å². The molecule has 0 aliphatic carbocycles. The van der Waals surface area contributed by atoms with Crippen LogP contribution in [0.3, 0.4) is 0 Å². The zero-order valence-electron chi connectivity index (χ0n) is 11.8. The van der Waals surface area contributed by atoms with Crippen LogP contribution in [0.25, 0.3) is 0 Å². The molecule has 118 valence electrons. The van der Waals surface area contributed by atoms with Gasteiger partial charge in [-0.2, -0.15) is 4.31 Å². The molecule has 2 rings (SSSR count). The van der Waals surface area contributed by atoms with Gasteiger partial charge in [-0.1, -0.05) is 6.07 Å². The van der Waals surface area contributed by atoms with Crippen molar-refractivity contribution < 1.29 is 13.2 Å². The van der Waals surface area contributed by atoms with Gasteiger partial charge in [0.25, 0.3) is 10.0 Å². The van der Waals surface area contributed by atoms with Crippen molar-refractivity contribution in [1.82, 2.24) is 9.62 Å². The molecule has 1 saturated heterocycles. The molecule has 0 bridgehead atoms. The summed E-state index contributed by atoms with van der Waals surface area (Å²) in [5.74, 6) is -0.204. The SMILES string of the molecule is NCCCCNC(=O)C1CCCN1S(=O)(=O)c1cccs1. The van der Waals surface area contributed by atoms with Crippen molar-refractivity contribution in [3.05, 3.63) is 17.5 Å². The monoisotopic (exact) mass is 331 g/mol. The minimum atomic E-state index is -3.55. The second-order valence-corrected chi connectivity index (χ2v) is 8.06. The minimum absolute atomic E-state index is 0.204. The van der Waals surface area contributed by atoms with Crippen LogP contribution in [-0.4, -0.2) is 44.3 Å². The Hall–Kier alpha value is -0.960. The number of hydrogen-bond donors (Lipinski definition) is 2.